The molecule has 1 rings (SSSR count). The second-order valence-electron chi connectivity index (χ2n) is 1.37. The smallest absolute Gasteiger partial charge is 0 e. The van der Waals surface area contributed by atoms with Gasteiger partial charge in [0.1, 0.15) is 0 Å². The van der Waals surface area contributed by atoms with E-state index in [9.17, 15) is 0 Å². The van der Waals surface area contributed by atoms with Crippen LogP contribution in [0.3, 0.4) is 0 Å². The summed E-state index contributed by atoms with van der Waals surface area (Å²) in [5, 5.41) is 3.02. The second-order valence-corrected chi connectivity index (χ2v) is 2.34. The Morgan fingerprint density at radius 1 is 1.75 bits per heavy atom. The van der Waals surface area contributed by atoms with Gasteiger partial charge in [-0.05, 0) is 0 Å². The van der Waals surface area contributed by atoms with Crippen molar-refractivity contribution in [1.82, 2.24) is 0 Å². The number of rotatable bonds is 1. The second kappa shape index (κ2) is 4.26. The van der Waals surface area contributed by atoms with Crippen molar-refractivity contribution in [2.75, 3.05) is 0 Å². The summed E-state index contributed by atoms with van der Waals surface area (Å²) < 4.78 is 0. The van der Waals surface area contributed by atoms with Crippen LogP contribution in [-0.4, -0.2) is 0 Å². The van der Waals surface area contributed by atoms with E-state index in [1.807, 2.05) is 6.07 Å². The van der Waals surface area contributed by atoms with Gasteiger partial charge in [-0.2, -0.15) is 6.07 Å². The molecule has 0 amide bonds. The zero-order valence-electron chi connectivity index (χ0n) is 4.65. The monoisotopic (exact) mass is 298 g/mol. The van der Waals surface area contributed by atoms with E-state index in [-0.39, 0.29) is 20.4 Å². The maximum absolute atomic E-state index is 3.02. The van der Waals surface area contributed by atoms with Crippen LogP contribution in [-0.2, 0) is 26.8 Å². The Hall–Kier alpha value is 0.362. The number of hydrogen-bond acceptors (Lipinski definition) is 1. The maximum Gasteiger partial charge on any atom is 0 e. The Balaban J connectivity index is 0.000000490. The van der Waals surface area contributed by atoms with Gasteiger partial charge in [0.05, 0.1) is 0 Å². The molecule has 45 valence electrons. The fourth-order valence-corrected chi connectivity index (χ4v) is 1.03. The summed E-state index contributed by atoms with van der Waals surface area (Å²) in [5.41, 5.74) is 0. The SMILES string of the molecule is CCc1cc[c-]s1.[Re]. The van der Waals surface area contributed by atoms with E-state index >= 15 is 0 Å². The molecule has 0 spiro atoms. The van der Waals surface area contributed by atoms with E-state index < -0.39 is 0 Å². The summed E-state index contributed by atoms with van der Waals surface area (Å²) in [6.45, 7) is 2.15. The first-order valence-electron chi connectivity index (χ1n) is 2.38. The third-order valence-corrected chi connectivity index (χ3v) is 1.82. The van der Waals surface area contributed by atoms with Crippen molar-refractivity contribution in [3.8, 4) is 0 Å². The van der Waals surface area contributed by atoms with Gasteiger partial charge in [0.25, 0.3) is 0 Å². The van der Waals surface area contributed by atoms with Crippen molar-refractivity contribution in [3.05, 3.63) is 22.4 Å². The topological polar surface area (TPSA) is 0 Å². The standard InChI is InChI=1S/C6H7S.Re/c1-2-6-4-3-5-7-6;/h3-4H,2H2,1H3;/q-1;. The molecule has 0 aliphatic heterocycles. The number of thiophene rings is 1. The molecule has 0 saturated carbocycles. The van der Waals surface area contributed by atoms with Crippen LogP contribution in [0.4, 0.5) is 0 Å². The Bertz CT molecular complexity index is 123. The molecule has 0 N–H and O–H groups in total. The van der Waals surface area contributed by atoms with Crippen molar-refractivity contribution in [2.24, 2.45) is 0 Å². The summed E-state index contributed by atoms with van der Waals surface area (Å²) >= 11 is 1.70. The Labute approximate surface area is 67.6 Å². The summed E-state index contributed by atoms with van der Waals surface area (Å²) in [5.74, 6) is 0. The first-order valence-corrected chi connectivity index (χ1v) is 3.20. The molecule has 1 aromatic heterocycles. The van der Waals surface area contributed by atoms with E-state index in [2.05, 4.69) is 18.4 Å². The molecule has 1 heterocycles. The van der Waals surface area contributed by atoms with E-state index in [0.29, 0.717) is 0 Å². The minimum Gasteiger partial charge on any atom is -0.300 e. The Morgan fingerprint density at radius 3 is 2.75 bits per heavy atom. The molecule has 1 radical (unpaired) electrons. The van der Waals surface area contributed by atoms with Gasteiger partial charge in [0.15, 0.2) is 0 Å². The number of hydrogen-bond donors (Lipinski definition) is 0. The van der Waals surface area contributed by atoms with Gasteiger partial charge in [-0.25, -0.2) is 6.07 Å². The predicted molar refractivity (Wildman–Crippen MR) is 32.5 cm³/mol. The van der Waals surface area contributed by atoms with Gasteiger partial charge >= 0.3 is 0 Å². The minimum absolute atomic E-state index is 0. The van der Waals surface area contributed by atoms with Gasteiger partial charge in [-0.1, -0.05) is 13.3 Å². The molecule has 1 aromatic rings. The maximum atomic E-state index is 3.02. The zero-order valence-corrected chi connectivity index (χ0v) is 8.18. The molecule has 0 atom stereocenters. The van der Waals surface area contributed by atoms with Crippen molar-refractivity contribution < 1.29 is 20.4 Å². The molecular formula is C6H7ReS-. The normalized spacial score (nSPS) is 8.12. The van der Waals surface area contributed by atoms with E-state index in [0.717, 1.165) is 6.42 Å². The summed E-state index contributed by atoms with van der Waals surface area (Å²) in [4.78, 5) is 1.42. The summed E-state index contributed by atoms with van der Waals surface area (Å²) in [6.07, 6.45) is 1.15. The van der Waals surface area contributed by atoms with Gasteiger partial charge in [-0.3, -0.25) is 0 Å². The van der Waals surface area contributed by atoms with Crippen LogP contribution in [0.5, 0.6) is 0 Å². The fraction of sp³-hybridized carbons (Fsp3) is 0.333. The van der Waals surface area contributed by atoms with Crippen LogP contribution < -0.4 is 0 Å². The third-order valence-electron chi connectivity index (χ3n) is 0.876. The fourth-order valence-electron chi connectivity index (χ4n) is 0.461. The first kappa shape index (κ1) is 8.36. The first-order chi connectivity index (χ1) is 3.43. The van der Waals surface area contributed by atoms with Crippen LogP contribution in [0, 0.1) is 5.38 Å². The minimum atomic E-state index is 0. The van der Waals surface area contributed by atoms with Crippen molar-refractivity contribution >= 4 is 11.3 Å². The average Bonchev–Trinajstić information content (AvgIpc) is 2.14. The third kappa shape index (κ3) is 2.09. The van der Waals surface area contributed by atoms with Crippen molar-refractivity contribution in [1.29, 1.82) is 0 Å². The molecule has 0 aliphatic carbocycles. The van der Waals surface area contributed by atoms with Gasteiger partial charge < -0.3 is 11.3 Å². The van der Waals surface area contributed by atoms with Crippen LogP contribution in [0.25, 0.3) is 0 Å². The molecule has 0 aliphatic rings. The van der Waals surface area contributed by atoms with Crippen LogP contribution >= 0.6 is 11.3 Å². The van der Waals surface area contributed by atoms with Crippen molar-refractivity contribution in [2.45, 2.75) is 13.3 Å². The molecule has 0 unspecified atom stereocenters. The molecular weight excluding hydrogens is 290 g/mol. The predicted octanol–water partition coefficient (Wildman–Crippen LogP) is 2.11. The Morgan fingerprint density at radius 2 is 2.50 bits per heavy atom. The average molecular weight is 297 g/mol. The van der Waals surface area contributed by atoms with Crippen LogP contribution in [0.2, 0.25) is 0 Å². The Kier molecular flexibility index (Phi) is 4.45. The molecule has 0 bridgehead atoms. The molecule has 0 aromatic carbocycles. The molecule has 0 fully saturated rings. The molecule has 2 heteroatoms. The molecule has 0 saturated heterocycles. The van der Waals surface area contributed by atoms with E-state index in [4.69, 9.17) is 0 Å². The van der Waals surface area contributed by atoms with Crippen molar-refractivity contribution in [3.63, 3.8) is 0 Å². The molecule has 0 nitrogen and oxygen atoms in total. The zero-order chi connectivity index (χ0) is 5.11. The van der Waals surface area contributed by atoms with Gasteiger partial charge in [-0.15, -0.1) is 10.3 Å². The van der Waals surface area contributed by atoms with Gasteiger partial charge in [0, 0.05) is 20.4 Å². The van der Waals surface area contributed by atoms with E-state index in [1.165, 1.54) is 4.88 Å². The quantitative estimate of drug-likeness (QED) is 0.697. The molecule has 8 heavy (non-hydrogen) atoms. The summed E-state index contributed by atoms with van der Waals surface area (Å²) in [6, 6.07) is 4.06. The summed E-state index contributed by atoms with van der Waals surface area (Å²) in [7, 11) is 0. The van der Waals surface area contributed by atoms with Crippen LogP contribution in [0.15, 0.2) is 12.1 Å². The van der Waals surface area contributed by atoms with E-state index in [1.54, 1.807) is 11.3 Å². The number of aryl methyl sites for hydroxylation is 1. The van der Waals surface area contributed by atoms with Gasteiger partial charge in [0.2, 0.25) is 0 Å². The van der Waals surface area contributed by atoms with Crippen LogP contribution in [0.1, 0.15) is 11.8 Å². The largest absolute Gasteiger partial charge is 0.300 e.